The molecule has 2 unspecified atom stereocenters. The van der Waals surface area contributed by atoms with E-state index in [0.29, 0.717) is 5.02 Å². The second-order valence-electron chi connectivity index (χ2n) is 5.88. The second kappa shape index (κ2) is 6.99. The van der Waals surface area contributed by atoms with E-state index in [1.165, 1.54) is 0 Å². The summed E-state index contributed by atoms with van der Waals surface area (Å²) in [7, 11) is 0. The highest BCUT2D eigenvalue weighted by atomic mass is 35.5. The predicted molar refractivity (Wildman–Crippen MR) is 94.8 cm³/mol. The molecule has 4 nitrogen and oxygen atoms in total. The summed E-state index contributed by atoms with van der Waals surface area (Å²) < 4.78 is 0. The van der Waals surface area contributed by atoms with E-state index in [0.717, 1.165) is 40.7 Å². The van der Waals surface area contributed by atoms with Crippen LogP contribution in [0.25, 0.3) is 11.3 Å². The van der Waals surface area contributed by atoms with Crippen LogP contribution >= 0.6 is 22.9 Å². The van der Waals surface area contributed by atoms with Gasteiger partial charge in [-0.15, -0.1) is 11.3 Å². The van der Waals surface area contributed by atoms with Crippen LogP contribution in [0.4, 0.5) is 0 Å². The van der Waals surface area contributed by atoms with Crippen molar-refractivity contribution >= 4 is 28.8 Å². The first-order valence-corrected chi connectivity index (χ1v) is 8.98. The first-order chi connectivity index (χ1) is 11.0. The van der Waals surface area contributed by atoms with Crippen molar-refractivity contribution in [3.05, 3.63) is 39.2 Å². The summed E-state index contributed by atoms with van der Waals surface area (Å²) in [5.74, 6) is 0.192. The van der Waals surface area contributed by atoms with Crippen LogP contribution in [0.5, 0.6) is 0 Å². The van der Waals surface area contributed by atoms with Crippen LogP contribution in [0.1, 0.15) is 29.3 Å². The summed E-state index contributed by atoms with van der Waals surface area (Å²) >= 11 is 7.58. The van der Waals surface area contributed by atoms with Crippen LogP contribution in [0.2, 0.25) is 5.02 Å². The lowest BCUT2D eigenvalue weighted by atomic mass is 10.1. The van der Waals surface area contributed by atoms with Crippen LogP contribution in [-0.4, -0.2) is 24.0 Å². The Balaban J connectivity index is 1.74. The van der Waals surface area contributed by atoms with Crippen LogP contribution in [0, 0.1) is 12.8 Å². The number of aromatic nitrogens is 1. The van der Waals surface area contributed by atoms with E-state index >= 15 is 0 Å². The summed E-state index contributed by atoms with van der Waals surface area (Å²) in [4.78, 5) is 18.1. The molecule has 2 heterocycles. The van der Waals surface area contributed by atoms with Gasteiger partial charge < -0.3 is 10.6 Å². The van der Waals surface area contributed by atoms with Gasteiger partial charge in [-0.3, -0.25) is 4.79 Å². The molecule has 2 N–H and O–H groups in total. The Kier molecular flexibility index (Phi) is 4.99. The van der Waals surface area contributed by atoms with E-state index < -0.39 is 0 Å². The van der Waals surface area contributed by atoms with Crippen molar-refractivity contribution in [2.75, 3.05) is 13.1 Å². The highest BCUT2D eigenvalue weighted by Crippen LogP contribution is 2.31. The smallest absolute Gasteiger partial charge is 0.224 e. The molecule has 0 radical (unpaired) electrons. The average Bonchev–Trinajstić information content (AvgIpc) is 3.17. The summed E-state index contributed by atoms with van der Waals surface area (Å²) in [6.45, 7) is 5.74. The molecule has 1 aliphatic rings. The topological polar surface area (TPSA) is 54.0 Å². The molecular formula is C17H20ClN3OS. The molecule has 0 spiro atoms. The van der Waals surface area contributed by atoms with Crippen molar-refractivity contribution in [1.82, 2.24) is 15.6 Å². The van der Waals surface area contributed by atoms with Crippen molar-refractivity contribution in [3.63, 3.8) is 0 Å². The van der Waals surface area contributed by atoms with Gasteiger partial charge in [-0.2, -0.15) is 0 Å². The van der Waals surface area contributed by atoms with Gasteiger partial charge >= 0.3 is 0 Å². The Morgan fingerprint density at radius 1 is 1.43 bits per heavy atom. The van der Waals surface area contributed by atoms with Gasteiger partial charge in [0, 0.05) is 22.0 Å². The number of halogens is 1. The molecule has 23 heavy (non-hydrogen) atoms. The van der Waals surface area contributed by atoms with Crippen LogP contribution < -0.4 is 10.6 Å². The van der Waals surface area contributed by atoms with Gasteiger partial charge in [0.2, 0.25) is 5.91 Å². The third-order valence-corrected chi connectivity index (χ3v) is 5.50. The summed E-state index contributed by atoms with van der Waals surface area (Å²) in [6.07, 6.45) is 0.908. The lowest BCUT2D eigenvalue weighted by molar-refractivity contribution is -0.125. The van der Waals surface area contributed by atoms with Crippen molar-refractivity contribution < 1.29 is 4.79 Å². The summed E-state index contributed by atoms with van der Waals surface area (Å²) in [5.41, 5.74) is 2.01. The minimum Gasteiger partial charge on any atom is -0.347 e. The number of aryl methyl sites for hydroxylation is 1. The molecule has 1 amide bonds. The number of carbonyl (C=O) groups excluding carboxylic acids is 1. The number of benzene rings is 1. The molecule has 0 saturated carbocycles. The Morgan fingerprint density at radius 3 is 2.83 bits per heavy atom. The molecule has 122 valence electrons. The SMILES string of the molecule is Cc1sc(C(C)NC(=O)C2CCNC2)nc1-c1ccc(Cl)cc1. The fraction of sp³-hybridized carbons (Fsp3) is 0.412. The lowest BCUT2D eigenvalue weighted by Gasteiger charge is -2.14. The number of hydrogen-bond acceptors (Lipinski definition) is 4. The molecule has 0 aliphatic carbocycles. The molecule has 1 fully saturated rings. The van der Waals surface area contributed by atoms with Gasteiger partial charge in [-0.25, -0.2) is 4.98 Å². The van der Waals surface area contributed by atoms with Gasteiger partial charge in [0.05, 0.1) is 17.7 Å². The standard InChI is InChI=1S/C17H20ClN3OS/c1-10(20-16(22)13-7-8-19-9-13)17-21-15(11(2)23-17)12-3-5-14(18)6-4-12/h3-6,10,13,19H,7-9H2,1-2H3,(H,20,22). The van der Waals surface area contributed by atoms with Gasteiger partial charge in [0.1, 0.15) is 5.01 Å². The van der Waals surface area contributed by atoms with E-state index in [4.69, 9.17) is 16.6 Å². The fourth-order valence-electron chi connectivity index (χ4n) is 2.75. The second-order valence-corrected chi connectivity index (χ2v) is 7.55. The first-order valence-electron chi connectivity index (χ1n) is 7.79. The average molecular weight is 350 g/mol. The molecule has 6 heteroatoms. The van der Waals surface area contributed by atoms with E-state index in [1.807, 2.05) is 31.2 Å². The Morgan fingerprint density at radius 2 is 2.17 bits per heavy atom. The number of nitrogens with one attached hydrogen (secondary N) is 2. The number of carbonyl (C=O) groups is 1. The fourth-order valence-corrected chi connectivity index (χ4v) is 3.82. The quantitative estimate of drug-likeness (QED) is 0.887. The number of amides is 1. The van der Waals surface area contributed by atoms with Gasteiger partial charge in [0.25, 0.3) is 0 Å². The third-order valence-electron chi connectivity index (χ3n) is 4.09. The Bertz CT molecular complexity index is 692. The molecule has 1 saturated heterocycles. The zero-order valence-corrected chi connectivity index (χ0v) is 14.8. The van der Waals surface area contributed by atoms with Crippen LogP contribution in [0.15, 0.2) is 24.3 Å². The number of thiazole rings is 1. The molecule has 2 aromatic rings. The number of hydrogen-bond donors (Lipinski definition) is 2. The van der Waals surface area contributed by atoms with E-state index in [9.17, 15) is 4.79 Å². The minimum absolute atomic E-state index is 0.0761. The lowest BCUT2D eigenvalue weighted by Crippen LogP contribution is -2.33. The molecule has 2 atom stereocenters. The maximum absolute atomic E-state index is 12.2. The maximum Gasteiger partial charge on any atom is 0.224 e. The van der Waals surface area contributed by atoms with Crippen LogP contribution in [-0.2, 0) is 4.79 Å². The highest BCUT2D eigenvalue weighted by Gasteiger charge is 2.25. The highest BCUT2D eigenvalue weighted by molar-refractivity contribution is 7.12. The summed E-state index contributed by atoms with van der Waals surface area (Å²) in [5, 5.41) is 7.96. The van der Waals surface area contributed by atoms with Gasteiger partial charge in [-0.05, 0) is 38.9 Å². The molecule has 3 rings (SSSR count). The zero-order valence-electron chi connectivity index (χ0n) is 13.2. The van der Waals surface area contributed by atoms with Crippen molar-refractivity contribution in [3.8, 4) is 11.3 Å². The molecule has 1 aliphatic heterocycles. The Labute approximate surface area is 145 Å². The van der Waals surface area contributed by atoms with Gasteiger partial charge in [-0.1, -0.05) is 23.7 Å². The van der Waals surface area contributed by atoms with Crippen molar-refractivity contribution in [1.29, 1.82) is 0 Å². The first kappa shape index (κ1) is 16.4. The van der Waals surface area contributed by atoms with E-state index in [1.54, 1.807) is 11.3 Å². The van der Waals surface area contributed by atoms with E-state index in [-0.39, 0.29) is 17.9 Å². The maximum atomic E-state index is 12.2. The largest absolute Gasteiger partial charge is 0.347 e. The zero-order chi connectivity index (χ0) is 16.4. The van der Waals surface area contributed by atoms with E-state index in [2.05, 4.69) is 17.6 Å². The van der Waals surface area contributed by atoms with Crippen molar-refractivity contribution in [2.45, 2.75) is 26.3 Å². The summed E-state index contributed by atoms with van der Waals surface area (Å²) in [6, 6.07) is 7.61. The molecule has 1 aromatic carbocycles. The monoisotopic (exact) mass is 349 g/mol. The van der Waals surface area contributed by atoms with Gasteiger partial charge in [0.15, 0.2) is 0 Å². The normalized spacial score (nSPS) is 18.8. The number of nitrogens with zero attached hydrogens (tertiary/aromatic N) is 1. The third kappa shape index (κ3) is 3.74. The molecule has 1 aromatic heterocycles. The molecular weight excluding hydrogens is 330 g/mol. The molecule has 0 bridgehead atoms. The van der Waals surface area contributed by atoms with Crippen LogP contribution in [0.3, 0.4) is 0 Å². The predicted octanol–water partition coefficient (Wildman–Crippen LogP) is 3.56. The van der Waals surface area contributed by atoms with Crippen molar-refractivity contribution in [2.24, 2.45) is 5.92 Å². The minimum atomic E-state index is -0.0761. The Hall–Kier alpha value is -1.43. The number of rotatable bonds is 4.